The standard InChI is InChI=1S/C22H23NO4S/c1-21(2,3)28-19(25)13-18(24)27-22(14-15-9-5-4-6-10-15)16-11-7-8-12-17(16)23-20(22)26/h4-12H,13-14H2,1-3H3,(H,23,26)/t22-/m0/s1. The molecule has 1 aliphatic heterocycles. The van der Waals surface area contributed by atoms with E-state index >= 15 is 0 Å². The van der Waals surface area contributed by atoms with Crippen LogP contribution in [0.3, 0.4) is 0 Å². The minimum absolute atomic E-state index is 0.197. The average molecular weight is 397 g/mol. The highest BCUT2D eigenvalue weighted by Gasteiger charge is 2.50. The Morgan fingerprint density at radius 1 is 1.04 bits per heavy atom. The largest absolute Gasteiger partial charge is 0.443 e. The van der Waals surface area contributed by atoms with Gasteiger partial charge in [-0.1, -0.05) is 81.1 Å². The molecule has 6 heteroatoms. The van der Waals surface area contributed by atoms with Crippen LogP contribution in [-0.2, 0) is 31.1 Å². The number of anilines is 1. The molecule has 0 radical (unpaired) electrons. The second-order valence-corrected chi connectivity index (χ2v) is 9.61. The molecule has 0 saturated carbocycles. The van der Waals surface area contributed by atoms with E-state index in [0.29, 0.717) is 11.3 Å². The van der Waals surface area contributed by atoms with Crippen molar-refractivity contribution >= 4 is 34.4 Å². The molecule has 0 aliphatic carbocycles. The Morgan fingerprint density at radius 2 is 1.68 bits per heavy atom. The average Bonchev–Trinajstić information content (AvgIpc) is 2.86. The first kappa shape index (κ1) is 20.1. The number of benzene rings is 2. The van der Waals surface area contributed by atoms with Crippen LogP contribution >= 0.6 is 11.8 Å². The summed E-state index contributed by atoms with van der Waals surface area (Å²) in [7, 11) is 0. The van der Waals surface area contributed by atoms with Gasteiger partial charge in [-0.3, -0.25) is 14.4 Å². The third kappa shape index (κ3) is 4.44. The molecule has 0 fully saturated rings. The van der Waals surface area contributed by atoms with E-state index in [0.717, 1.165) is 17.3 Å². The Bertz CT molecular complexity index is 904. The van der Waals surface area contributed by atoms with Gasteiger partial charge in [0.05, 0.1) is 0 Å². The normalized spacial score (nSPS) is 18.3. The molecule has 0 unspecified atom stereocenters. The number of para-hydroxylation sites is 1. The van der Waals surface area contributed by atoms with Crippen LogP contribution in [0.15, 0.2) is 54.6 Å². The number of ether oxygens (including phenoxy) is 1. The number of rotatable bonds is 5. The molecule has 1 heterocycles. The summed E-state index contributed by atoms with van der Waals surface area (Å²) in [5.74, 6) is -1.11. The Balaban J connectivity index is 1.89. The fraction of sp³-hybridized carbons (Fsp3) is 0.318. The first-order valence-corrected chi connectivity index (χ1v) is 9.90. The van der Waals surface area contributed by atoms with E-state index < -0.39 is 17.5 Å². The lowest BCUT2D eigenvalue weighted by Gasteiger charge is -2.28. The first-order chi connectivity index (χ1) is 13.2. The number of hydrogen-bond donors (Lipinski definition) is 1. The fourth-order valence-electron chi connectivity index (χ4n) is 3.21. The smallest absolute Gasteiger partial charge is 0.315 e. The molecule has 2 aromatic rings. The van der Waals surface area contributed by atoms with Crippen molar-refractivity contribution in [1.29, 1.82) is 0 Å². The van der Waals surface area contributed by atoms with Crippen LogP contribution < -0.4 is 5.32 Å². The van der Waals surface area contributed by atoms with Gasteiger partial charge in [0.1, 0.15) is 6.42 Å². The van der Waals surface area contributed by atoms with E-state index in [-0.39, 0.29) is 22.7 Å². The van der Waals surface area contributed by atoms with Crippen LogP contribution in [0.4, 0.5) is 5.69 Å². The summed E-state index contributed by atoms with van der Waals surface area (Å²) >= 11 is 1.09. The van der Waals surface area contributed by atoms with Crippen molar-refractivity contribution in [2.45, 2.75) is 44.0 Å². The summed E-state index contributed by atoms with van der Waals surface area (Å²) in [6.45, 7) is 5.70. The van der Waals surface area contributed by atoms with Gasteiger partial charge < -0.3 is 10.1 Å². The predicted octanol–water partition coefficient (Wildman–Crippen LogP) is 4.07. The molecule has 0 saturated heterocycles. The van der Waals surface area contributed by atoms with Crippen molar-refractivity contribution < 1.29 is 19.1 Å². The number of esters is 1. The molecule has 5 nitrogen and oxygen atoms in total. The van der Waals surface area contributed by atoms with Crippen molar-refractivity contribution in [3.8, 4) is 0 Å². The number of fused-ring (bicyclic) bond motifs is 1. The zero-order valence-electron chi connectivity index (χ0n) is 16.2. The molecule has 2 aromatic carbocycles. The topological polar surface area (TPSA) is 72.5 Å². The van der Waals surface area contributed by atoms with Crippen LogP contribution in [0.5, 0.6) is 0 Å². The molecule has 0 spiro atoms. The maximum Gasteiger partial charge on any atom is 0.315 e. The van der Waals surface area contributed by atoms with Crippen LogP contribution in [-0.4, -0.2) is 21.7 Å². The maximum atomic E-state index is 12.9. The Labute approximate surface area is 168 Å². The summed E-state index contributed by atoms with van der Waals surface area (Å²) in [5.41, 5.74) is 0.596. The molecule has 28 heavy (non-hydrogen) atoms. The van der Waals surface area contributed by atoms with E-state index in [1.807, 2.05) is 57.2 Å². The second-order valence-electron chi connectivity index (χ2n) is 7.73. The van der Waals surface area contributed by atoms with E-state index in [4.69, 9.17) is 4.74 Å². The monoisotopic (exact) mass is 397 g/mol. The number of hydrogen-bond acceptors (Lipinski definition) is 5. The highest BCUT2D eigenvalue weighted by Crippen LogP contribution is 2.41. The third-order valence-electron chi connectivity index (χ3n) is 4.27. The van der Waals surface area contributed by atoms with Gasteiger partial charge in [-0.15, -0.1) is 0 Å². The van der Waals surface area contributed by atoms with Gasteiger partial charge in [0.2, 0.25) is 10.7 Å². The SMILES string of the molecule is CC(C)(C)SC(=O)CC(=O)O[C@]1(Cc2ccccc2)C(=O)Nc2ccccc21. The third-order valence-corrected chi connectivity index (χ3v) is 5.25. The summed E-state index contributed by atoms with van der Waals surface area (Å²) in [5, 5.41) is 2.52. The molecule has 3 rings (SSSR count). The summed E-state index contributed by atoms with van der Waals surface area (Å²) in [6.07, 6.45) is -0.184. The Kier molecular flexibility index (Phi) is 5.61. The van der Waals surface area contributed by atoms with Crippen LogP contribution in [0.25, 0.3) is 0 Å². The fourth-order valence-corrected chi connectivity index (χ4v) is 4.08. The number of carbonyl (C=O) groups is 3. The summed E-state index contributed by atoms with van der Waals surface area (Å²) in [4.78, 5) is 37.7. The molecule has 1 amide bonds. The van der Waals surface area contributed by atoms with E-state index in [2.05, 4.69) is 5.32 Å². The van der Waals surface area contributed by atoms with Crippen molar-refractivity contribution in [2.24, 2.45) is 0 Å². The lowest BCUT2D eigenvalue weighted by molar-refractivity contribution is -0.167. The lowest BCUT2D eigenvalue weighted by atomic mass is 9.88. The molecular weight excluding hydrogens is 374 g/mol. The van der Waals surface area contributed by atoms with Gasteiger partial charge >= 0.3 is 5.97 Å². The quantitative estimate of drug-likeness (QED) is 0.608. The van der Waals surface area contributed by atoms with Crippen molar-refractivity contribution in [2.75, 3.05) is 5.32 Å². The molecule has 1 atom stereocenters. The van der Waals surface area contributed by atoms with Crippen molar-refractivity contribution in [3.63, 3.8) is 0 Å². The Hall–Kier alpha value is -2.60. The zero-order chi connectivity index (χ0) is 20.4. The second kappa shape index (κ2) is 7.80. The van der Waals surface area contributed by atoms with Crippen LogP contribution in [0, 0.1) is 0 Å². The van der Waals surface area contributed by atoms with E-state index in [9.17, 15) is 14.4 Å². The summed E-state index contributed by atoms with van der Waals surface area (Å²) < 4.78 is 5.45. The minimum Gasteiger partial charge on any atom is -0.443 e. The highest BCUT2D eigenvalue weighted by atomic mass is 32.2. The molecule has 0 aromatic heterocycles. The van der Waals surface area contributed by atoms with E-state index in [1.165, 1.54) is 0 Å². The van der Waals surface area contributed by atoms with Crippen molar-refractivity contribution in [3.05, 3.63) is 65.7 Å². The highest BCUT2D eigenvalue weighted by molar-refractivity contribution is 8.14. The van der Waals surface area contributed by atoms with Crippen molar-refractivity contribution in [1.82, 2.24) is 0 Å². The number of nitrogens with one attached hydrogen (secondary N) is 1. The lowest BCUT2D eigenvalue weighted by Crippen LogP contribution is -2.41. The van der Waals surface area contributed by atoms with Gasteiger partial charge in [-0.05, 0) is 11.6 Å². The molecular formula is C22H23NO4S. The molecule has 0 bridgehead atoms. The van der Waals surface area contributed by atoms with Gasteiger partial charge in [-0.2, -0.15) is 0 Å². The van der Waals surface area contributed by atoms with Gasteiger partial charge in [0.25, 0.3) is 5.91 Å². The van der Waals surface area contributed by atoms with Crippen LogP contribution in [0.2, 0.25) is 0 Å². The number of carbonyl (C=O) groups excluding carboxylic acids is 3. The van der Waals surface area contributed by atoms with Gasteiger partial charge in [0, 0.05) is 22.4 Å². The predicted molar refractivity (Wildman–Crippen MR) is 110 cm³/mol. The molecule has 1 N–H and O–H groups in total. The number of amides is 1. The number of thioether (sulfide) groups is 1. The zero-order valence-corrected chi connectivity index (χ0v) is 17.0. The minimum atomic E-state index is -1.48. The molecule has 1 aliphatic rings. The Morgan fingerprint density at radius 3 is 2.36 bits per heavy atom. The van der Waals surface area contributed by atoms with E-state index in [1.54, 1.807) is 18.2 Å². The maximum absolute atomic E-state index is 12.9. The first-order valence-electron chi connectivity index (χ1n) is 9.08. The van der Waals surface area contributed by atoms with Gasteiger partial charge in [-0.25, -0.2) is 0 Å². The van der Waals surface area contributed by atoms with Gasteiger partial charge in [0.15, 0.2) is 0 Å². The van der Waals surface area contributed by atoms with Crippen LogP contribution in [0.1, 0.15) is 38.3 Å². The summed E-state index contributed by atoms with van der Waals surface area (Å²) in [6, 6.07) is 16.5. The molecule has 146 valence electrons.